The second-order valence-electron chi connectivity index (χ2n) is 6.96. The van der Waals surface area contributed by atoms with Gasteiger partial charge in [-0.25, -0.2) is 0 Å². The summed E-state index contributed by atoms with van der Waals surface area (Å²) in [6, 6.07) is 17.1. The van der Waals surface area contributed by atoms with Crippen LogP contribution in [-0.4, -0.2) is 21.4 Å². The topological polar surface area (TPSA) is 105 Å². The number of carbonyl (C=O) groups excluding carboxylic acids is 1. The van der Waals surface area contributed by atoms with Gasteiger partial charge in [-0.1, -0.05) is 30.3 Å². The van der Waals surface area contributed by atoms with E-state index in [9.17, 15) is 31.6 Å². The predicted octanol–water partition coefficient (Wildman–Crippen LogP) is 5.03. The molecule has 0 spiro atoms. The van der Waals surface area contributed by atoms with Crippen LogP contribution >= 0.6 is 0 Å². The Labute approximate surface area is 199 Å². The zero-order valence-electron chi connectivity index (χ0n) is 18.0. The number of nitrogens with one attached hydrogen (secondary N) is 1. The maximum atomic E-state index is 12.9. The Morgan fingerprint density at radius 3 is 2.34 bits per heavy atom. The average Bonchev–Trinajstić information content (AvgIpc) is 2.83. The monoisotopic (exact) mass is 502 g/mol. The molecule has 3 aromatic carbocycles. The molecule has 0 fully saturated rings. The van der Waals surface area contributed by atoms with Crippen molar-refractivity contribution in [3.63, 3.8) is 0 Å². The van der Waals surface area contributed by atoms with Crippen molar-refractivity contribution in [3.05, 3.63) is 89.5 Å². The number of halogens is 3. The van der Waals surface area contributed by atoms with Gasteiger partial charge in [-0.2, -0.15) is 26.9 Å². The van der Waals surface area contributed by atoms with Crippen molar-refractivity contribution in [2.45, 2.75) is 11.1 Å². The van der Waals surface area contributed by atoms with Gasteiger partial charge in [0.15, 0.2) is 11.5 Å². The van der Waals surface area contributed by atoms with Crippen LogP contribution in [-0.2, 0) is 21.1 Å². The van der Waals surface area contributed by atoms with Gasteiger partial charge in [0.05, 0.1) is 12.7 Å². The number of hydrogen-bond donors (Lipinski definition) is 1. The van der Waals surface area contributed by atoms with Gasteiger partial charge in [-0.15, -0.1) is 0 Å². The summed E-state index contributed by atoms with van der Waals surface area (Å²) < 4.78 is 73.9. The standard InChI is InChI=1S/C24H17F3N2O5S/c1-33-22-13-16(10-11-21(22)34-35(31,32)20-8-3-2-4-9-20)12-17(15-28)23(30)29-19-7-5-6-18(14-19)24(25,26)27/h2-14H,1H3,(H,29,30)/b17-12+. The highest BCUT2D eigenvalue weighted by Gasteiger charge is 2.30. The Bertz CT molecular complexity index is 1410. The number of amides is 1. The predicted molar refractivity (Wildman–Crippen MR) is 121 cm³/mol. The molecule has 3 rings (SSSR count). The molecule has 0 heterocycles. The maximum Gasteiger partial charge on any atom is 0.416 e. The molecule has 0 saturated carbocycles. The third-order valence-corrected chi connectivity index (χ3v) is 5.79. The molecule has 0 aliphatic rings. The molecule has 0 aliphatic heterocycles. The van der Waals surface area contributed by atoms with Crippen molar-refractivity contribution < 1.29 is 35.3 Å². The fourth-order valence-electron chi connectivity index (χ4n) is 2.88. The molecular weight excluding hydrogens is 485 g/mol. The number of rotatable bonds is 7. The number of alkyl halides is 3. The van der Waals surface area contributed by atoms with Crippen molar-refractivity contribution in [1.29, 1.82) is 5.26 Å². The molecule has 0 aromatic heterocycles. The summed E-state index contributed by atoms with van der Waals surface area (Å²) in [5.41, 5.74) is -1.22. The lowest BCUT2D eigenvalue weighted by Crippen LogP contribution is -2.14. The molecule has 3 aromatic rings. The van der Waals surface area contributed by atoms with Crippen LogP contribution in [0.25, 0.3) is 6.08 Å². The van der Waals surface area contributed by atoms with Gasteiger partial charge in [0.25, 0.3) is 5.91 Å². The molecule has 7 nitrogen and oxygen atoms in total. The van der Waals surface area contributed by atoms with Crippen LogP contribution in [0.5, 0.6) is 11.5 Å². The van der Waals surface area contributed by atoms with E-state index < -0.39 is 33.3 Å². The maximum absolute atomic E-state index is 12.9. The minimum atomic E-state index is -4.59. The van der Waals surface area contributed by atoms with Gasteiger partial charge in [0.2, 0.25) is 0 Å². The van der Waals surface area contributed by atoms with Gasteiger partial charge in [-0.3, -0.25) is 4.79 Å². The van der Waals surface area contributed by atoms with E-state index in [1.165, 1.54) is 61.7 Å². The zero-order chi connectivity index (χ0) is 25.6. The first-order valence-corrected chi connectivity index (χ1v) is 11.2. The van der Waals surface area contributed by atoms with E-state index in [1.54, 1.807) is 12.1 Å². The first-order valence-electron chi connectivity index (χ1n) is 9.81. The van der Waals surface area contributed by atoms with E-state index in [2.05, 4.69) is 5.32 Å². The van der Waals surface area contributed by atoms with Crippen molar-refractivity contribution in [1.82, 2.24) is 0 Å². The largest absolute Gasteiger partial charge is 0.493 e. The highest BCUT2D eigenvalue weighted by Crippen LogP contribution is 2.32. The first kappa shape index (κ1) is 25.3. The molecule has 0 unspecified atom stereocenters. The summed E-state index contributed by atoms with van der Waals surface area (Å²) in [5.74, 6) is -1.05. The third-order valence-electron chi connectivity index (χ3n) is 4.54. The Balaban J connectivity index is 1.84. The molecule has 0 radical (unpaired) electrons. The van der Waals surface area contributed by atoms with E-state index in [4.69, 9.17) is 8.92 Å². The SMILES string of the molecule is COc1cc(/C=C(\C#N)C(=O)Nc2cccc(C(F)(F)F)c2)ccc1OS(=O)(=O)c1ccccc1. The average molecular weight is 502 g/mol. The Kier molecular flexibility index (Phi) is 7.46. The summed E-state index contributed by atoms with van der Waals surface area (Å²) in [5, 5.41) is 11.6. The van der Waals surface area contributed by atoms with Crippen molar-refractivity contribution in [2.75, 3.05) is 12.4 Å². The summed E-state index contributed by atoms with van der Waals surface area (Å²) in [6.45, 7) is 0. The summed E-state index contributed by atoms with van der Waals surface area (Å²) >= 11 is 0. The number of anilines is 1. The van der Waals surface area contributed by atoms with Crippen LogP contribution in [0, 0.1) is 11.3 Å². The van der Waals surface area contributed by atoms with Crippen LogP contribution < -0.4 is 14.2 Å². The molecule has 1 amide bonds. The van der Waals surface area contributed by atoms with Crippen LogP contribution in [0.2, 0.25) is 0 Å². The minimum Gasteiger partial charge on any atom is -0.493 e. The first-order chi connectivity index (χ1) is 16.5. The highest BCUT2D eigenvalue weighted by atomic mass is 32.2. The molecule has 11 heteroatoms. The lowest BCUT2D eigenvalue weighted by atomic mass is 10.1. The Morgan fingerprint density at radius 1 is 1.00 bits per heavy atom. The number of ether oxygens (including phenoxy) is 1. The van der Waals surface area contributed by atoms with Crippen LogP contribution in [0.4, 0.5) is 18.9 Å². The Morgan fingerprint density at radius 2 is 1.71 bits per heavy atom. The van der Waals surface area contributed by atoms with Crippen molar-refractivity contribution in [2.24, 2.45) is 0 Å². The van der Waals surface area contributed by atoms with E-state index >= 15 is 0 Å². The molecule has 0 saturated heterocycles. The van der Waals surface area contributed by atoms with Gasteiger partial charge < -0.3 is 14.2 Å². The molecule has 180 valence electrons. The summed E-state index contributed by atoms with van der Waals surface area (Å²) in [6.07, 6.45) is -3.43. The van der Waals surface area contributed by atoms with E-state index in [-0.39, 0.29) is 27.6 Å². The lowest BCUT2D eigenvalue weighted by molar-refractivity contribution is -0.137. The molecular formula is C24H17F3N2O5S. The normalized spacial score (nSPS) is 11.9. The number of nitriles is 1. The summed E-state index contributed by atoms with van der Waals surface area (Å²) in [4.78, 5) is 12.4. The number of methoxy groups -OCH3 is 1. The molecule has 0 bridgehead atoms. The van der Waals surface area contributed by atoms with Crippen molar-refractivity contribution >= 4 is 27.8 Å². The fraction of sp³-hybridized carbons (Fsp3) is 0.0833. The zero-order valence-corrected chi connectivity index (χ0v) is 18.9. The van der Waals surface area contributed by atoms with E-state index in [1.807, 2.05) is 0 Å². The summed E-state index contributed by atoms with van der Waals surface area (Å²) in [7, 11) is -2.87. The van der Waals surface area contributed by atoms with Gasteiger partial charge in [0.1, 0.15) is 16.5 Å². The molecule has 0 atom stereocenters. The Hall–Kier alpha value is -4.30. The van der Waals surface area contributed by atoms with Crippen LogP contribution in [0.3, 0.4) is 0 Å². The number of benzene rings is 3. The van der Waals surface area contributed by atoms with E-state index in [0.29, 0.717) is 0 Å². The number of nitrogens with zero attached hydrogens (tertiary/aromatic N) is 1. The third kappa shape index (κ3) is 6.39. The van der Waals surface area contributed by atoms with Crippen LogP contribution in [0.15, 0.2) is 83.3 Å². The highest BCUT2D eigenvalue weighted by molar-refractivity contribution is 7.87. The smallest absolute Gasteiger partial charge is 0.416 e. The molecule has 35 heavy (non-hydrogen) atoms. The minimum absolute atomic E-state index is 0.00818. The van der Waals surface area contributed by atoms with Gasteiger partial charge in [-0.05, 0) is 54.1 Å². The second-order valence-corrected chi connectivity index (χ2v) is 8.51. The molecule has 0 aliphatic carbocycles. The van der Waals surface area contributed by atoms with Crippen LogP contribution in [0.1, 0.15) is 11.1 Å². The van der Waals surface area contributed by atoms with E-state index in [0.717, 1.165) is 18.2 Å². The lowest BCUT2D eigenvalue weighted by Gasteiger charge is -2.12. The molecule has 1 N–H and O–H groups in total. The van der Waals surface area contributed by atoms with Gasteiger partial charge in [0, 0.05) is 5.69 Å². The number of carbonyl (C=O) groups is 1. The van der Waals surface area contributed by atoms with Crippen molar-refractivity contribution in [3.8, 4) is 17.6 Å². The quantitative estimate of drug-likeness (QED) is 0.276. The fourth-order valence-corrected chi connectivity index (χ4v) is 3.84. The second kappa shape index (κ2) is 10.3. The van der Waals surface area contributed by atoms with Gasteiger partial charge >= 0.3 is 16.3 Å². The number of hydrogen-bond acceptors (Lipinski definition) is 6.